The summed E-state index contributed by atoms with van der Waals surface area (Å²) in [6.45, 7) is 1.75. The van der Waals surface area contributed by atoms with Gasteiger partial charge in [-0.05, 0) is 74.1 Å². The van der Waals surface area contributed by atoms with Gasteiger partial charge in [-0.15, -0.1) is 11.3 Å². The zero-order chi connectivity index (χ0) is 23.1. The molecule has 2 aromatic carbocycles. The Hall–Kier alpha value is -3.16. The van der Waals surface area contributed by atoms with Crippen molar-refractivity contribution < 1.29 is 4.79 Å². The molecule has 0 spiro atoms. The molecule has 1 N–H and O–H groups in total. The molecule has 0 saturated carbocycles. The van der Waals surface area contributed by atoms with Gasteiger partial charge >= 0.3 is 5.69 Å². The molecule has 8 heteroatoms. The van der Waals surface area contributed by atoms with E-state index in [1.807, 2.05) is 25.1 Å². The molecule has 6 nitrogen and oxygen atoms in total. The third kappa shape index (κ3) is 4.03. The van der Waals surface area contributed by atoms with E-state index < -0.39 is 5.69 Å². The van der Waals surface area contributed by atoms with Crippen molar-refractivity contribution in [1.82, 2.24) is 9.13 Å². The van der Waals surface area contributed by atoms with Crippen molar-refractivity contribution >= 4 is 44.7 Å². The first-order valence-electron chi connectivity index (χ1n) is 10.8. The predicted octanol–water partition coefficient (Wildman–Crippen LogP) is 4.69. The van der Waals surface area contributed by atoms with E-state index in [0.717, 1.165) is 46.3 Å². The zero-order valence-corrected chi connectivity index (χ0v) is 19.6. The second-order valence-electron chi connectivity index (χ2n) is 8.30. The Morgan fingerprint density at radius 1 is 1.09 bits per heavy atom. The molecule has 1 aliphatic rings. The van der Waals surface area contributed by atoms with Crippen LogP contribution in [0.3, 0.4) is 0 Å². The van der Waals surface area contributed by atoms with Gasteiger partial charge < -0.3 is 5.32 Å². The maximum atomic E-state index is 13.6. The fourth-order valence-electron chi connectivity index (χ4n) is 4.42. The quantitative estimate of drug-likeness (QED) is 0.461. The number of hydrogen-bond acceptors (Lipinski definition) is 4. The van der Waals surface area contributed by atoms with Crippen LogP contribution in [0.5, 0.6) is 0 Å². The Kier molecular flexibility index (Phi) is 5.68. The summed E-state index contributed by atoms with van der Waals surface area (Å²) in [5.74, 6) is -0.327. The lowest BCUT2D eigenvalue weighted by molar-refractivity contribution is -0.116. The van der Waals surface area contributed by atoms with E-state index in [-0.39, 0.29) is 18.0 Å². The molecule has 0 radical (unpaired) electrons. The predicted molar refractivity (Wildman–Crippen MR) is 133 cm³/mol. The number of fused-ring (bicyclic) bond motifs is 3. The lowest BCUT2D eigenvalue weighted by Crippen LogP contribution is -2.40. The van der Waals surface area contributed by atoms with Crippen molar-refractivity contribution in [2.45, 2.75) is 39.2 Å². The van der Waals surface area contributed by atoms with Crippen LogP contribution in [-0.2, 0) is 24.2 Å². The SMILES string of the molecule is Cc1cccc(NC(=O)Cn2c(=O)n(-c3cccc(Cl)c3)c(=O)c3c4c(sc32)CCCC4)c1. The van der Waals surface area contributed by atoms with E-state index in [1.165, 1.54) is 15.9 Å². The maximum absolute atomic E-state index is 13.6. The van der Waals surface area contributed by atoms with Gasteiger partial charge in [-0.1, -0.05) is 29.8 Å². The van der Waals surface area contributed by atoms with Crippen molar-refractivity contribution in [1.29, 1.82) is 0 Å². The summed E-state index contributed by atoms with van der Waals surface area (Å²) >= 11 is 7.61. The number of nitrogens with one attached hydrogen (secondary N) is 1. The highest BCUT2D eigenvalue weighted by atomic mass is 35.5. The Bertz CT molecular complexity index is 1520. The number of carbonyl (C=O) groups excluding carboxylic acids is 1. The van der Waals surface area contributed by atoms with Crippen LogP contribution in [0.15, 0.2) is 58.1 Å². The summed E-state index contributed by atoms with van der Waals surface area (Å²) in [6.07, 6.45) is 3.74. The van der Waals surface area contributed by atoms with E-state index in [1.54, 1.807) is 30.3 Å². The summed E-state index contributed by atoms with van der Waals surface area (Å²) in [7, 11) is 0. The molecule has 5 rings (SSSR count). The van der Waals surface area contributed by atoms with Gasteiger partial charge in [0.2, 0.25) is 5.91 Å². The molecule has 0 atom stereocenters. The minimum absolute atomic E-state index is 0.191. The highest BCUT2D eigenvalue weighted by molar-refractivity contribution is 7.18. The zero-order valence-electron chi connectivity index (χ0n) is 18.1. The fourth-order valence-corrected chi connectivity index (χ4v) is 5.97. The standard InChI is InChI=1S/C25H22ClN3O3S/c1-15-6-4-8-17(12-15)27-21(30)14-28-24-22(19-10-2-3-11-20(19)33-24)23(31)29(25(28)32)18-9-5-7-16(26)13-18/h4-9,12-13H,2-3,10-11,14H2,1H3,(H,27,30). The van der Waals surface area contributed by atoms with Crippen LogP contribution in [0, 0.1) is 6.92 Å². The monoisotopic (exact) mass is 479 g/mol. The van der Waals surface area contributed by atoms with Crippen molar-refractivity contribution in [3.63, 3.8) is 0 Å². The van der Waals surface area contributed by atoms with Crippen LogP contribution < -0.4 is 16.6 Å². The first kappa shape index (κ1) is 21.7. The smallest absolute Gasteiger partial charge is 0.325 e. The van der Waals surface area contributed by atoms with Gasteiger partial charge in [-0.2, -0.15) is 0 Å². The number of nitrogens with zero attached hydrogens (tertiary/aromatic N) is 2. The molecule has 0 fully saturated rings. The van der Waals surface area contributed by atoms with Crippen molar-refractivity contribution in [2.24, 2.45) is 0 Å². The molecular weight excluding hydrogens is 458 g/mol. The first-order chi connectivity index (χ1) is 15.9. The van der Waals surface area contributed by atoms with Crippen LogP contribution in [-0.4, -0.2) is 15.0 Å². The third-order valence-electron chi connectivity index (χ3n) is 5.91. The largest absolute Gasteiger partial charge is 0.337 e. The van der Waals surface area contributed by atoms with E-state index in [0.29, 0.717) is 26.6 Å². The molecular formula is C25H22ClN3O3S. The summed E-state index contributed by atoms with van der Waals surface area (Å²) in [6, 6.07) is 14.1. The number of rotatable bonds is 4. The minimum atomic E-state index is -0.548. The Morgan fingerprint density at radius 2 is 1.88 bits per heavy atom. The summed E-state index contributed by atoms with van der Waals surface area (Å²) in [5.41, 5.74) is 2.18. The van der Waals surface area contributed by atoms with Crippen LogP contribution in [0.1, 0.15) is 28.8 Å². The number of aryl methyl sites for hydroxylation is 3. The van der Waals surface area contributed by atoms with Gasteiger partial charge in [0.15, 0.2) is 0 Å². The lowest BCUT2D eigenvalue weighted by Gasteiger charge is -2.14. The molecule has 1 aliphatic carbocycles. The number of benzene rings is 2. The topological polar surface area (TPSA) is 73.1 Å². The van der Waals surface area contributed by atoms with E-state index >= 15 is 0 Å². The van der Waals surface area contributed by atoms with E-state index in [4.69, 9.17) is 11.6 Å². The van der Waals surface area contributed by atoms with Gasteiger partial charge in [-0.3, -0.25) is 14.2 Å². The first-order valence-corrected chi connectivity index (χ1v) is 12.0. The molecule has 0 aliphatic heterocycles. The Labute approximate surface area is 199 Å². The Morgan fingerprint density at radius 3 is 2.67 bits per heavy atom. The number of halogens is 1. The summed E-state index contributed by atoms with van der Waals surface area (Å²) < 4.78 is 2.56. The molecule has 168 valence electrons. The molecule has 0 bridgehead atoms. The average Bonchev–Trinajstić information content (AvgIpc) is 3.17. The highest BCUT2D eigenvalue weighted by Gasteiger charge is 2.25. The number of aromatic nitrogens is 2. The van der Waals surface area contributed by atoms with Gasteiger partial charge in [0.05, 0.1) is 11.1 Å². The number of hydrogen-bond donors (Lipinski definition) is 1. The highest BCUT2D eigenvalue weighted by Crippen LogP contribution is 2.34. The lowest BCUT2D eigenvalue weighted by atomic mass is 9.97. The molecule has 33 heavy (non-hydrogen) atoms. The van der Waals surface area contributed by atoms with Crippen LogP contribution >= 0.6 is 22.9 Å². The second-order valence-corrected chi connectivity index (χ2v) is 9.82. The number of thiophene rings is 1. The van der Waals surface area contributed by atoms with Gasteiger partial charge in [0.25, 0.3) is 5.56 Å². The fraction of sp³-hybridized carbons (Fsp3) is 0.240. The number of anilines is 1. The maximum Gasteiger partial charge on any atom is 0.337 e. The third-order valence-corrected chi connectivity index (χ3v) is 7.46. The summed E-state index contributed by atoms with van der Waals surface area (Å²) in [4.78, 5) is 41.8. The molecule has 2 aromatic heterocycles. The molecule has 1 amide bonds. The molecule has 0 saturated heterocycles. The normalized spacial score (nSPS) is 13.2. The molecule has 0 unspecified atom stereocenters. The van der Waals surface area contributed by atoms with Crippen molar-refractivity contribution in [2.75, 3.05) is 5.32 Å². The van der Waals surface area contributed by atoms with E-state index in [9.17, 15) is 14.4 Å². The van der Waals surface area contributed by atoms with Gasteiger partial charge in [-0.25, -0.2) is 9.36 Å². The summed E-state index contributed by atoms with van der Waals surface area (Å²) in [5, 5.41) is 3.83. The van der Waals surface area contributed by atoms with Gasteiger partial charge in [0.1, 0.15) is 11.4 Å². The molecule has 2 heterocycles. The van der Waals surface area contributed by atoms with Gasteiger partial charge in [0, 0.05) is 15.6 Å². The number of carbonyl (C=O) groups is 1. The minimum Gasteiger partial charge on any atom is -0.325 e. The van der Waals surface area contributed by atoms with Crippen molar-refractivity contribution in [3.8, 4) is 5.69 Å². The average molecular weight is 480 g/mol. The van der Waals surface area contributed by atoms with Crippen LogP contribution in [0.25, 0.3) is 15.9 Å². The second kappa shape index (κ2) is 8.65. The molecule has 4 aromatic rings. The van der Waals surface area contributed by atoms with Crippen molar-refractivity contribution in [3.05, 3.63) is 90.4 Å². The Balaban J connectivity index is 1.68. The van der Waals surface area contributed by atoms with Crippen LogP contribution in [0.2, 0.25) is 5.02 Å². The number of amides is 1. The van der Waals surface area contributed by atoms with Crippen LogP contribution in [0.4, 0.5) is 5.69 Å². The van der Waals surface area contributed by atoms with E-state index in [2.05, 4.69) is 5.32 Å².